The summed E-state index contributed by atoms with van der Waals surface area (Å²) in [5.41, 5.74) is 0. The van der Waals surface area contributed by atoms with Crippen molar-refractivity contribution in [3.05, 3.63) is 24.3 Å². The molecule has 0 saturated carbocycles. The van der Waals surface area contributed by atoms with Crippen LogP contribution in [0.2, 0.25) is 0 Å². The number of halogens is 3. The van der Waals surface area contributed by atoms with Crippen LogP contribution in [0, 0.1) is 0 Å². The zero-order chi connectivity index (χ0) is 16.0. The molecule has 1 atom stereocenters. The Morgan fingerprint density at radius 3 is 2.19 bits per heavy atom. The average molecular weight is 307 g/mol. The van der Waals surface area contributed by atoms with Crippen LogP contribution in [-0.4, -0.2) is 36.0 Å². The lowest BCUT2D eigenvalue weighted by atomic mass is 10.3. The van der Waals surface area contributed by atoms with Gasteiger partial charge in [-0.25, -0.2) is 4.79 Å². The first-order chi connectivity index (χ1) is 9.67. The van der Waals surface area contributed by atoms with Crippen LogP contribution in [0.3, 0.4) is 0 Å². The number of hydrogen-bond donors (Lipinski definition) is 2. The molecule has 0 radical (unpaired) electrons. The number of carboxylic acids is 1. The topological polar surface area (TPSA) is 84.9 Å². The molecule has 0 heterocycles. The van der Waals surface area contributed by atoms with Crippen LogP contribution < -0.4 is 14.8 Å². The van der Waals surface area contributed by atoms with E-state index in [0.717, 1.165) is 19.1 Å². The molecule has 2 N–H and O–H groups in total. The smallest absolute Gasteiger partial charge is 0.491 e. The highest BCUT2D eigenvalue weighted by Crippen LogP contribution is 2.24. The molecule has 1 amide bonds. The van der Waals surface area contributed by atoms with Gasteiger partial charge in [0.15, 0.2) is 6.04 Å². The lowest BCUT2D eigenvalue weighted by Crippen LogP contribution is -2.43. The number of hydrogen-bond acceptors (Lipinski definition) is 4. The fourth-order valence-corrected chi connectivity index (χ4v) is 1.34. The number of ether oxygens (including phenoxy) is 2. The first kappa shape index (κ1) is 16.6. The Hall–Kier alpha value is -2.45. The third-order valence-electron chi connectivity index (χ3n) is 2.15. The molecule has 6 nitrogen and oxygen atoms in total. The Morgan fingerprint density at radius 1 is 1.24 bits per heavy atom. The number of carboxylic acid groups (broad SMARTS) is 1. The van der Waals surface area contributed by atoms with Crippen molar-refractivity contribution in [1.29, 1.82) is 0 Å². The molecule has 1 unspecified atom stereocenters. The highest BCUT2D eigenvalue weighted by atomic mass is 19.4. The Balaban J connectivity index is 2.59. The van der Waals surface area contributed by atoms with E-state index in [-0.39, 0.29) is 12.4 Å². The predicted molar refractivity (Wildman–Crippen MR) is 63.9 cm³/mol. The van der Waals surface area contributed by atoms with E-state index in [1.165, 1.54) is 12.1 Å². The normalized spacial score (nSPS) is 12.4. The summed E-state index contributed by atoms with van der Waals surface area (Å²) in [4.78, 5) is 21.6. The first-order valence-corrected chi connectivity index (χ1v) is 5.66. The SMILES string of the molecule is CC(=O)NC(COc1ccc(OC(F)(F)F)cc1)C(=O)O. The molecule has 0 aliphatic rings. The maximum Gasteiger partial charge on any atom is 0.573 e. The van der Waals surface area contributed by atoms with Gasteiger partial charge in [0.2, 0.25) is 5.91 Å². The third kappa shape index (κ3) is 6.50. The van der Waals surface area contributed by atoms with Crippen LogP contribution in [0.15, 0.2) is 24.3 Å². The zero-order valence-corrected chi connectivity index (χ0v) is 10.8. The summed E-state index contributed by atoms with van der Waals surface area (Å²) in [6, 6.07) is 3.17. The van der Waals surface area contributed by atoms with E-state index in [4.69, 9.17) is 9.84 Å². The van der Waals surface area contributed by atoms with Crippen LogP contribution in [0.25, 0.3) is 0 Å². The van der Waals surface area contributed by atoms with Gasteiger partial charge < -0.3 is 19.9 Å². The minimum Gasteiger partial charge on any atom is -0.491 e. The summed E-state index contributed by atoms with van der Waals surface area (Å²) in [6.45, 7) is 0.785. The minimum atomic E-state index is -4.79. The lowest BCUT2D eigenvalue weighted by Gasteiger charge is -2.14. The van der Waals surface area contributed by atoms with Gasteiger partial charge in [-0.1, -0.05) is 0 Å². The fourth-order valence-electron chi connectivity index (χ4n) is 1.34. The Morgan fingerprint density at radius 2 is 1.76 bits per heavy atom. The van der Waals surface area contributed by atoms with Gasteiger partial charge in [-0.15, -0.1) is 13.2 Å². The van der Waals surface area contributed by atoms with Crippen molar-refractivity contribution in [3.8, 4) is 11.5 Å². The summed E-state index contributed by atoms with van der Waals surface area (Å²) in [7, 11) is 0. The van der Waals surface area contributed by atoms with Crippen LogP contribution in [0.1, 0.15) is 6.92 Å². The Kier molecular flexibility index (Phi) is 5.39. The molecule has 21 heavy (non-hydrogen) atoms. The number of aliphatic carboxylic acids is 1. The van der Waals surface area contributed by atoms with Gasteiger partial charge in [-0.2, -0.15) is 0 Å². The van der Waals surface area contributed by atoms with E-state index >= 15 is 0 Å². The predicted octanol–water partition coefficient (Wildman–Crippen LogP) is 1.55. The van der Waals surface area contributed by atoms with Gasteiger partial charge in [0.05, 0.1) is 0 Å². The number of nitrogens with one attached hydrogen (secondary N) is 1. The summed E-state index contributed by atoms with van der Waals surface area (Å²) < 4.78 is 44.6. The molecule has 0 aromatic heterocycles. The van der Waals surface area contributed by atoms with E-state index < -0.39 is 30.0 Å². The minimum absolute atomic E-state index is 0.140. The zero-order valence-electron chi connectivity index (χ0n) is 10.8. The molecular formula is C12H12F3NO5. The molecule has 0 saturated heterocycles. The molecule has 116 valence electrons. The van der Waals surface area contributed by atoms with Gasteiger partial charge in [-0.05, 0) is 24.3 Å². The Labute approximate surface area is 117 Å². The van der Waals surface area contributed by atoms with Gasteiger partial charge in [0.1, 0.15) is 18.1 Å². The van der Waals surface area contributed by atoms with Gasteiger partial charge in [-0.3, -0.25) is 4.79 Å². The molecule has 1 aromatic carbocycles. The summed E-state index contributed by atoms with van der Waals surface area (Å²) in [5.74, 6) is -2.12. The number of amides is 1. The molecule has 0 fully saturated rings. The van der Waals surface area contributed by atoms with Crippen molar-refractivity contribution < 1.29 is 37.3 Å². The van der Waals surface area contributed by atoms with Crippen molar-refractivity contribution in [1.82, 2.24) is 5.32 Å². The van der Waals surface area contributed by atoms with Crippen molar-refractivity contribution in [2.75, 3.05) is 6.61 Å². The van der Waals surface area contributed by atoms with E-state index in [0.29, 0.717) is 0 Å². The molecule has 0 aliphatic heterocycles. The van der Waals surface area contributed by atoms with E-state index in [1.54, 1.807) is 0 Å². The number of rotatable bonds is 6. The van der Waals surface area contributed by atoms with Crippen LogP contribution >= 0.6 is 0 Å². The highest BCUT2D eigenvalue weighted by molar-refractivity contribution is 5.82. The van der Waals surface area contributed by atoms with Crippen molar-refractivity contribution >= 4 is 11.9 Å². The quantitative estimate of drug-likeness (QED) is 0.833. The summed E-state index contributed by atoms with van der Waals surface area (Å²) >= 11 is 0. The second-order valence-corrected chi connectivity index (χ2v) is 3.92. The van der Waals surface area contributed by atoms with Gasteiger partial charge in [0, 0.05) is 6.92 Å². The number of alkyl halides is 3. The summed E-state index contributed by atoms with van der Waals surface area (Å²) in [6.07, 6.45) is -4.79. The third-order valence-corrected chi connectivity index (χ3v) is 2.15. The van der Waals surface area contributed by atoms with Crippen LogP contribution in [0.5, 0.6) is 11.5 Å². The monoisotopic (exact) mass is 307 g/mol. The number of benzene rings is 1. The molecular weight excluding hydrogens is 295 g/mol. The highest BCUT2D eigenvalue weighted by Gasteiger charge is 2.31. The number of carbonyl (C=O) groups is 2. The van der Waals surface area contributed by atoms with Gasteiger partial charge in [0.25, 0.3) is 0 Å². The van der Waals surface area contributed by atoms with E-state index in [2.05, 4.69) is 10.1 Å². The maximum absolute atomic E-state index is 11.9. The Bertz CT molecular complexity index is 501. The molecule has 0 aliphatic carbocycles. The number of carbonyl (C=O) groups excluding carboxylic acids is 1. The molecule has 1 rings (SSSR count). The van der Waals surface area contributed by atoms with Crippen molar-refractivity contribution in [3.63, 3.8) is 0 Å². The van der Waals surface area contributed by atoms with Crippen LogP contribution in [0.4, 0.5) is 13.2 Å². The molecule has 0 spiro atoms. The van der Waals surface area contributed by atoms with E-state index in [1.807, 2.05) is 0 Å². The van der Waals surface area contributed by atoms with Crippen LogP contribution in [-0.2, 0) is 9.59 Å². The maximum atomic E-state index is 11.9. The fraction of sp³-hybridized carbons (Fsp3) is 0.333. The lowest BCUT2D eigenvalue weighted by molar-refractivity contribution is -0.274. The summed E-state index contributed by atoms with van der Waals surface area (Å²) in [5, 5.41) is 11.0. The largest absolute Gasteiger partial charge is 0.573 e. The van der Waals surface area contributed by atoms with Crippen molar-refractivity contribution in [2.24, 2.45) is 0 Å². The molecule has 0 bridgehead atoms. The van der Waals surface area contributed by atoms with Gasteiger partial charge >= 0.3 is 12.3 Å². The second kappa shape index (κ2) is 6.82. The average Bonchev–Trinajstić information content (AvgIpc) is 2.33. The standard InChI is InChI=1S/C12H12F3NO5/c1-7(17)16-10(11(18)19)6-20-8-2-4-9(5-3-8)21-12(13,14)15/h2-5,10H,6H2,1H3,(H,16,17)(H,18,19). The van der Waals surface area contributed by atoms with Crippen molar-refractivity contribution in [2.45, 2.75) is 19.3 Å². The van der Waals surface area contributed by atoms with E-state index in [9.17, 15) is 22.8 Å². The first-order valence-electron chi connectivity index (χ1n) is 5.66. The molecule has 9 heteroatoms. The molecule has 1 aromatic rings. The second-order valence-electron chi connectivity index (χ2n) is 3.92.